The molecule has 2 heterocycles. The number of amides is 1. The molecule has 9 heteroatoms. The Bertz CT molecular complexity index is 932. The molecule has 0 spiro atoms. The number of benzene rings is 1. The Morgan fingerprint density at radius 3 is 2.27 bits per heavy atom. The average Bonchev–Trinajstić information content (AvgIpc) is 2.69. The molecular formula is C21H29F3N4O2. The van der Waals surface area contributed by atoms with E-state index in [1.54, 1.807) is 13.8 Å². The number of hydrogen-bond donors (Lipinski definition) is 1. The lowest BCUT2D eigenvalue weighted by Crippen LogP contribution is -2.31. The Morgan fingerprint density at radius 1 is 1.17 bits per heavy atom. The molecule has 1 fully saturated rings. The summed E-state index contributed by atoms with van der Waals surface area (Å²) >= 11 is 0. The Morgan fingerprint density at radius 2 is 1.80 bits per heavy atom. The fourth-order valence-electron chi connectivity index (χ4n) is 3.44. The van der Waals surface area contributed by atoms with Crippen molar-refractivity contribution in [3.05, 3.63) is 39.8 Å². The number of carbonyl (C=O) groups excluding carboxylic acids is 1. The molecule has 166 valence electrons. The summed E-state index contributed by atoms with van der Waals surface area (Å²) in [5.74, 6) is -0.985. The van der Waals surface area contributed by atoms with Crippen molar-refractivity contribution < 1.29 is 18.0 Å². The molecule has 1 aliphatic heterocycles. The van der Waals surface area contributed by atoms with E-state index in [2.05, 4.69) is 16.9 Å². The lowest BCUT2D eigenvalue weighted by atomic mass is 10.0. The summed E-state index contributed by atoms with van der Waals surface area (Å²) in [6.07, 6.45) is -0.206. The van der Waals surface area contributed by atoms with E-state index >= 15 is 0 Å². The zero-order valence-electron chi connectivity index (χ0n) is 17.6. The van der Waals surface area contributed by atoms with Gasteiger partial charge in [0.15, 0.2) is 0 Å². The van der Waals surface area contributed by atoms with Crippen molar-refractivity contribution in [3.8, 4) is 0 Å². The van der Waals surface area contributed by atoms with E-state index in [-0.39, 0.29) is 16.7 Å². The number of alkyl halides is 3. The van der Waals surface area contributed by atoms with E-state index in [0.717, 1.165) is 22.9 Å². The van der Waals surface area contributed by atoms with E-state index in [0.29, 0.717) is 5.69 Å². The molecule has 1 amide bonds. The first-order valence-electron chi connectivity index (χ1n) is 10.2. The molecule has 1 saturated heterocycles. The van der Waals surface area contributed by atoms with Gasteiger partial charge in [-0.2, -0.15) is 18.3 Å². The second kappa shape index (κ2) is 10.1. The fraction of sp³-hybridized carbons (Fsp3) is 0.571. The van der Waals surface area contributed by atoms with E-state index in [9.17, 15) is 22.8 Å². The largest absolute Gasteiger partial charge is 0.416 e. The van der Waals surface area contributed by atoms with Gasteiger partial charge in [0.05, 0.1) is 16.6 Å². The molecule has 2 N–H and O–H groups in total. The molecule has 2 aromatic rings. The number of nitrogens with zero attached hydrogens (tertiary/aromatic N) is 3. The van der Waals surface area contributed by atoms with Crippen LogP contribution in [0, 0.1) is 0 Å². The van der Waals surface area contributed by atoms with Gasteiger partial charge in [0, 0.05) is 5.39 Å². The third kappa shape index (κ3) is 6.04. The minimum absolute atomic E-state index is 0.0768. The first kappa shape index (κ1) is 23.9. The van der Waals surface area contributed by atoms with Crippen LogP contribution in [0.3, 0.4) is 0 Å². The van der Waals surface area contributed by atoms with Crippen LogP contribution in [0.25, 0.3) is 10.8 Å². The van der Waals surface area contributed by atoms with Crippen molar-refractivity contribution >= 4 is 16.7 Å². The Labute approximate surface area is 173 Å². The molecule has 0 saturated carbocycles. The Kier molecular flexibility index (Phi) is 8.00. The highest BCUT2D eigenvalue weighted by molar-refractivity contribution is 5.85. The second-order valence-electron chi connectivity index (χ2n) is 7.72. The maximum Gasteiger partial charge on any atom is 0.416 e. The Balaban J connectivity index is 0.000000335. The number of halogens is 3. The van der Waals surface area contributed by atoms with Crippen molar-refractivity contribution in [2.75, 3.05) is 19.6 Å². The normalized spacial score (nSPS) is 15.2. The van der Waals surface area contributed by atoms with Crippen LogP contribution in [0.5, 0.6) is 0 Å². The number of piperidine rings is 1. The first-order valence-corrected chi connectivity index (χ1v) is 10.2. The standard InChI is InChI=1S/C14H14F3N3O2.C7H15N/c1-7(2)12-10-5-8(14(15,16)17)3-4-9(10)13(22)20(19-12)6-11(18)21;1-2-8-6-4-3-5-7-8/h3-5,7H,6H2,1-2H3,(H2,18,21);2-7H2,1H3. The van der Waals surface area contributed by atoms with E-state index < -0.39 is 29.8 Å². The summed E-state index contributed by atoms with van der Waals surface area (Å²) in [7, 11) is 0. The van der Waals surface area contributed by atoms with Crippen LogP contribution in [0.1, 0.15) is 57.2 Å². The van der Waals surface area contributed by atoms with Gasteiger partial charge in [0.2, 0.25) is 5.91 Å². The average molecular weight is 426 g/mol. The van der Waals surface area contributed by atoms with Crippen LogP contribution in [-0.4, -0.2) is 40.2 Å². The van der Waals surface area contributed by atoms with Gasteiger partial charge in [-0.15, -0.1) is 0 Å². The molecule has 3 rings (SSSR count). The van der Waals surface area contributed by atoms with Crippen molar-refractivity contribution in [1.29, 1.82) is 0 Å². The zero-order valence-corrected chi connectivity index (χ0v) is 17.6. The van der Waals surface area contributed by atoms with E-state index in [1.807, 2.05) is 0 Å². The predicted octanol–water partition coefficient (Wildman–Crippen LogP) is 3.52. The summed E-state index contributed by atoms with van der Waals surface area (Å²) < 4.78 is 39.4. The van der Waals surface area contributed by atoms with Crippen molar-refractivity contribution in [1.82, 2.24) is 14.7 Å². The van der Waals surface area contributed by atoms with E-state index in [1.165, 1.54) is 38.9 Å². The van der Waals surface area contributed by atoms with Gasteiger partial charge in [-0.05, 0) is 56.6 Å². The summed E-state index contributed by atoms with van der Waals surface area (Å²) in [5.41, 5.74) is 3.87. The summed E-state index contributed by atoms with van der Waals surface area (Å²) in [4.78, 5) is 25.7. The topological polar surface area (TPSA) is 81.2 Å². The number of likely N-dealkylation sites (tertiary alicyclic amines) is 1. The molecule has 1 aromatic carbocycles. The van der Waals surface area contributed by atoms with Gasteiger partial charge in [0.1, 0.15) is 6.54 Å². The van der Waals surface area contributed by atoms with Crippen LogP contribution < -0.4 is 11.3 Å². The van der Waals surface area contributed by atoms with Gasteiger partial charge in [0.25, 0.3) is 5.56 Å². The SMILES string of the molecule is CC(C)c1nn(CC(N)=O)c(=O)c2ccc(C(F)(F)F)cc12.CCN1CCCCC1. The van der Waals surface area contributed by atoms with Crippen LogP contribution in [0.4, 0.5) is 13.2 Å². The van der Waals surface area contributed by atoms with E-state index in [4.69, 9.17) is 5.73 Å². The van der Waals surface area contributed by atoms with Gasteiger partial charge >= 0.3 is 6.18 Å². The van der Waals surface area contributed by atoms with Crippen molar-refractivity contribution in [2.45, 2.75) is 58.7 Å². The number of fused-ring (bicyclic) bond motifs is 1. The summed E-state index contributed by atoms with van der Waals surface area (Å²) in [6.45, 7) is 9.23. The van der Waals surface area contributed by atoms with Gasteiger partial charge in [-0.3, -0.25) is 9.59 Å². The second-order valence-corrected chi connectivity index (χ2v) is 7.72. The molecule has 0 aliphatic carbocycles. The molecule has 0 radical (unpaired) electrons. The third-order valence-corrected chi connectivity index (χ3v) is 5.06. The highest BCUT2D eigenvalue weighted by Gasteiger charge is 2.31. The van der Waals surface area contributed by atoms with Crippen molar-refractivity contribution in [3.63, 3.8) is 0 Å². The molecule has 0 bridgehead atoms. The highest BCUT2D eigenvalue weighted by atomic mass is 19.4. The monoisotopic (exact) mass is 426 g/mol. The van der Waals surface area contributed by atoms with Crippen LogP contribution >= 0.6 is 0 Å². The smallest absolute Gasteiger partial charge is 0.368 e. The quantitative estimate of drug-likeness (QED) is 0.811. The predicted molar refractivity (Wildman–Crippen MR) is 110 cm³/mol. The third-order valence-electron chi connectivity index (χ3n) is 5.06. The lowest BCUT2D eigenvalue weighted by Gasteiger charge is -2.24. The summed E-state index contributed by atoms with van der Waals surface area (Å²) in [6, 6.07) is 2.85. The number of hydrogen-bond acceptors (Lipinski definition) is 4. The van der Waals surface area contributed by atoms with Crippen LogP contribution in [0.15, 0.2) is 23.0 Å². The minimum atomic E-state index is -4.51. The summed E-state index contributed by atoms with van der Waals surface area (Å²) in [5, 5.41) is 4.21. The number of rotatable bonds is 4. The van der Waals surface area contributed by atoms with Crippen LogP contribution in [0.2, 0.25) is 0 Å². The highest BCUT2D eigenvalue weighted by Crippen LogP contribution is 2.32. The molecule has 0 atom stereocenters. The van der Waals surface area contributed by atoms with Gasteiger partial charge < -0.3 is 10.6 Å². The zero-order chi connectivity index (χ0) is 22.5. The first-order chi connectivity index (χ1) is 14.0. The van der Waals surface area contributed by atoms with Crippen LogP contribution in [-0.2, 0) is 17.5 Å². The van der Waals surface area contributed by atoms with Gasteiger partial charge in [-0.25, -0.2) is 4.68 Å². The molecule has 0 unspecified atom stereocenters. The molecular weight excluding hydrogens is 397 g/mol. The lowest BCUT2D eigenvalue weighted by molar-refractivity contribution is -0.137. The molecule has 30 heavy (non-hydrogen) atoms. The van der Waals surface area contributed by atoms with Gasteiger partial charge in [-0.1, -0.05) is 27.2 Å². The molecule has 1 aliphatic rings. The fourth-order valence-corrected chi connectivity index (χ4v) is 3.44. The number of primary amides is 1. The molecule has 1 aromatic heterocycles. The number of aromatic nitrogens is 2. The maximum atomic E-state index is 12.8. The number of nitrogens with two attached hydrogens (primary N) is 1. The molecule has 6 nitrogen and oxygen atoms in total. The minimum Gasteiger partial charge on any atom is -0.368 e. The van der Waals surface area contributed by atoms with Crippen molar-refractivity contribution in [2.24, 2.45) is 5.73 Å². The Hall–Kier alpha value is -2.42. The number of carbonyl (C=O) groups is 1. The maximum absolute atomic E-state index is 12.8.